The van der Waals surface area contributed by atoms with Crippen molar-refractivity contribution >= 4 is 41.9 Å². The smallest absolute Gasteiger partial charge is 0.244 e. The lowest BCUT2D eigenvalue weighted by atomic mass is 10.2. The average Bonchev–Trinajstić information content (AvgIpc) is 3.14. The predicted molar refractivity (Wildman–Crippen MR) is 89.8 cm³/mol. The molecule has 21 heavy (non-hydrogen) atoms. The van der Waals surface area contributed by atoms with Gasteiger partial charge in [-0.3, -0.25) is 0 Å². The number of hydrogen-bond donors (Lipinski definition) is 1. The fourth-order valence-corrected chi connectivity index (χ4v) is 5.93. The van der Waals surface area contributed by atoms with Crippen LogP contribution in [0.3, 0.4) is 0 Å². The maximum Gasteiger partial charge on any atom is 0.244 e. The molecule has 1 unspecified atom stereocenters. The quantitative estimate of drug-likeness (QED) is 0.769. The van der Waals surface area contributed by atoms with Crippen LogP contribution in [0.2, 0.25) is 0 Å². The molecule has 0 spiro atoms. The third-order valence-electron chi connectivity index (χ3n) is 4.00. The highest BCUT2D eigenvalue weighted by atomic mass is 79.9. The molecule has 7 heteroatoms. The van der Waals surface area contributed by atoms with E-state index in [1.807, 2.05) is 6.07 Å². The van der Waals surface area contributed by atoms with Gasteiger partial charge in [0.2, 0.25) is 10.0 Å². The maximum atomic E-state index is 13.0. The third kappa shape index (κ3) is 3.52. The Morgan fingerprint density at radius 2 is 2.00 bits per heavy atom. The Bertz CT molecular complexity index is 626. The van der Waals surface area contributed by atoms with E-state index >= 15 is 0 Å². The van der Waals surface area contributed by atoms with Gasteiger partial charge in [-0.1, -0.05) is 15.9 Å². The number of nitrogens with zero attached hydrogens (tertiary/aromatic N) is 1. The molecule has 116 valence electrons. The molecule has 4 nitrogen and oxygen atoms in total. The van der Waals surface area contributed by atoms with E-state index in [2.05, 4.69) is 37.2 Å². The van der Waals surface area contributed by atoms with Crippen molar-refractivity contribution in [3.8, 4) is 0 Å². The van der Waals surface area contributed by atoms with Crippen LogP contribution in [0.4, 0.5) is 0 Å². The summed E-state index contributed by atoms with van der Waals surface area (Å²) in [5.74, 6) is 0. The van der Waals surface area contributed by atoms with Gasteiger partial charge in [-0.15, -0.1) is 0 Å². The van der Waals surface area contributed by atoms with Crippen molar-refractivity contribution in [1.29, 1.82) is 0 Å². The summed E-state index contributed by atoms with van der Waals surface area (Å²) in [5, 5.41) is 3.39. The fourth-order valence-electron chi connectivity index (χ4n) is 2.74. The van der Waals surface area contributed by atoms with Crippen molar-refractivity contribution in [2.24, 2.45) is 0 Å². The van der Waals surface area contributed by atoms with Gasteiger partial charge < -0.3 is 5.32 Å². The molecule has 1 aromatic carbocycles. The maximum absolute atomic E-state index is 13.0. The van der Waals surface area contributed by atoms with Gasteiger partial charge in [0.1, 0.15) is 0 Å². The lowest BCUT2D eigenvalue weighted by molar-refractivity contribution is 0.362. The molecule has 1 saturated heterocycles. The number of nitrogens with one attached hydrogen (secondary N) is 1. The molecule has 0 radical (unpaired) electrons. The van der Waals surface area contributed by atoms with E-state index in [1.54, 1.807) is 16.4 Å². The van der Waals surface area contributed by atoms with E-state index in [9.17, 15) is 8.42 Å². The van der Waals surface area contributed by atoms with Crippen LogP contribution >= 0.6 is 31.9 Å². The van der Waals surface area contributed by atoms with E-state index in [0.29, 0.717) is 15.9 Å². The summed E-state index contributed by atoms with van der Waals surface area (Å²) in [6.45, 7) is 1.57. The van der Waals surface area contributed by atoms with Crippen LogP contribution in [-0.2, 0) is 10.0 Å². The molecular formula is C14H18Br2N2O2S. The molecule has 0 amide bonds. The summed E-state index contributed by atoms with van der Waals surface area (Å²) >= 11 is 6.74. The zero-order chi connectivity index (χ0) is 15.0. The minimum absolute atomic E-state index is 0.170. The molecule has 2 aliphatic rings. The van der Waals surface area contributed by atoms with E-state index in [4.69, 9.17) is 0 Å². The van der Waals surface area contributed by atoms with Gasteiger partial charge in [-0.25, -0.2) is 8.42 Å². The Balaban J connectivity index is 1.91. The van der Waals surface area contributed by atoms with Crippen molar-refractivity contribution < 1.29 is 8.42 Å². The van der Waals surface area contributed by atoms with Crippen LogP contribution in [0.25, 0.3) is 0 Å². The molecular weight excluding hydrogens is 420 g/mol. The third-order valence-corrected chi connectivity index (χ3v) is 7.40. The molecule has 1 N–H and O–H groups in total. The Morgan fingerprint density at radius 3 is 2.62 bits per heavy atom. The molecule has 1 atom stereocenters. The van der Waals surface area contributed by atoms with Crippen LogP contribution in [0.1, 0.15) is 25.7 Å². The second-order valence-electron chi connectivity index (χ2n) is 5.67. The highest BCUT2D eigenvalue weighted by Gasteiger charge is 2.40. The zero-order valence-corrected chi connectivity index (χ0v) is 15.5. The summed E-state index contributed by atoms with van der Waals surface area (Å²) in [5.41, 5.74) is 0. The molecule has 1 aromatic rings. The first kappa shape index (κ1) is 15.9. The van der Waals surface area contributed by atoms with Crippen LogP contribution < -0.4 is 5.32 Å². The summed E-state index contributed by atoms with van der Waals surface area (Å²) in [6, 6.07) is 5.74. The second kappa shape index (κ2) is 6.28. The van der Waals surface area contributed by atoms with Gasteiger partial charge in [0.25, 0.3) is 0 Å². The Hall–Kier alpha value is 0.0500. The van der Waals surface area contributed by atoms with E-state index in [1.165, 1.54) is 0 Å². The number of benzene rings is 1. The number of sulfonamides is 1. The van der Waals surface area contributed by atoms with Crippen LogP contribution in [0, 0.1) is 0 Å². The fraction of sp³-hybridized carbons (Fsp3) is 0.571. The van der Waals surface area contributed by atoms with Gasteiger partial charge in [0.15, 0.2) is 0 Å². The molecule has 1 saturated carbocycles. The van der Waals surface area contributed by atoms with Gasteiger partial charge >= 0.3 is 0 Å². The minimum atomic E-state index is -3.46. The molecule has 1 aliphatic heterocycles. The summed E-state index contributed by atoms with van der Waals surface area (Å²) in [7, 11) is -3.46. The average molecular weight is 438 g/mol. The van der Waals surface area contributed by atoms with Crippen LogP contribution in [0.15, 0.2) is 32.0 Å². The normalized spacial score (nSPS) is 22.9. The van der Waals surface area contributed by atoms with Crippen LogP contribution in [-0.4, -0.2) is 37.9 Å². The highest BCUT2D eigenvalue weighted by Crippen LogP contribution is 2.35. The Kier molecular flexibility index (Phi) is 4.76. The second-order valence-corrected chi connectivity index (χ2v) is 9.30. The van der Waals surface area contributed by atoms with Crippen molar-refractivity contribution in [3.05, 3.63) is 27.1 Å². The molecule has 3 rings (SSSR count). The monoisotopic (exact) mass is 436 g/mol. The molecule has 1 aliphatic carbocycles. The number of halogens is 2. The lowest BCUT2D eigenvalue weighted by Crippen LogP contribution is -2.42. The first-order valence-corrected chi connectivity index (χ1v) is 10.2. The lowest BCUT2D eigenvalue weighted by Gasteiger charge is -2.25. The van der Waals surface area contributed by atoms with Gasteiger partial charge in [-0.2, -0.15) is 4.31 Å². The van der Waals surface area contributed by atoms with E-state index < -0.39 is 10.0 Å². The van der Waals surface area contributed by atoms with Gasteiger partial charge in [0.05, 0.1) is 4.90 Å². The highest BCUT2D eigenvalue weighted by molar-refractivity contribution is 9.11. The largest absolute Gasteiger partial charge is 0.313 e. The topological polar surface area (TPSA) is 49.4 Å². The standard InChI is InChI=1S/C14H18Br2N2O2S/c15-10-3-6-13(16)14(8-10)21(19,20)18(12-4-5-12)9-11-2-1-7-17-11/h3,6,8,11-12,17H,1-2,4-5,7,9H2. The minimum Gasteiger partial charge on any atom is -0.313 e. The first-order chi connectivity index (χ1) is 9.98. The molecule has 1 heterocycles. The van der Waals surface area contributed by atoms with Crippen molar-refractivity contribution in [3.63, 3.8) is 0 Å². The Morgan fingerprint density at radius 1 is 1.24 bits per heavy atom. The zero-order valence-electron chi connectivity index (χ0n) is 11.6. The number of hydrogen-bond acceptors (Lipinski definition) is 3. The van der Waals surface area contributed by atoms with Gasteiger partial charge in [-0.05, 0) is 66.4 Å². The van der Waals surface area contributed by atoms with Crippen molar-refractivity contribution in [2.45, 2.75) is 42.7 Å². The van der Waals surface area contributed by atoms with Crippen LogP contribution in [0.5, 0.6) is 0 Å². The first-order valence-electron chi connectivity index (χ1n) is 7.19. The summed E-state index contributed by atoms with van der Waals surface area (Å²) < 4.78 is 29.1. The summed E-state index contributed by atoms with van der Waals surface area (Å²) in [4.78, 5) is 0.349. The predicted octanol–water partition coefficient (Wildman–Crippen LogP) is 3.12. The number of rotatable bonds is 5. The van der Waals surface area contributed by atoms with E-state index in [-0.39, 0.29) is 12.1 Å². The van der Waals surface area contributed by atoms with Crippen molar-refractivity contribution in [1.82, 2.24) is 9.62 Å². The molecule has 0 bridgehead atoms. The van der Waals surface area contributed by atoms with Gasteiger partial charge in [0, 0.05) is 27.6 Å². The summed E-state index contributed by atoms with van der Waals surface area (Å²) in [6.07, 6.45) is 4.12. The molecule has 0 aromatic heterocycles. The van der Waals surface area contributed by atoms with Crippen molar-refractivity contribution in [2.75, 3.05) is 13.1 Å². The Labute approximate surface area is 142 Å². The molecule has 2 fully saturated rings. The van der Waals surface area contributed by atoms with E-state index in [0.717, 1.165) is 36.7 Å². The SMILES string of the molecule is O=S(=O)(c1cc(Br)ccc1Br)N(CC1CCCN1)C1CC1.